The van der Waals surface area contributed by atoms with E-state index in [4.69, 9.17) is 10.2 Å². The number of rotatable bonds is 6. The molecule has 1 amide bonds. The van der Waals surface area contributed by atoms with Crippen LogP contribution >= 0.6 is 11.3 Å². The minimum absolute atomic E-state index is 0.0949. The maximum Gasteiger partial charge on any atom is 0.360 e. The van der Waals surface area contributed by atoms with Crippen LogP contribution in [0.3, 0.4) is 0 Å². The van der Waals surface area contributed by atoms with Crippen molar-refractivity contribution in [3.05, 3.63) is 33.4 Å². The number of nitrogens with one attached hydrogen (secondary N) is 1. The van der Waals surface area contributed by atoms with Gasteiger partial charge in [-0.1, -0.05) is 13.8 Å². The predicted octanol–water partition coefficient (Wildman–Crippen LogP) is 2.37. The number of aryl methyl sites for hydroxylation is 1. The Morgan fingerprint density at radius 3 is 2.60 bits per heavy atom. The summed E-state index contributed by atoms with van der Waals surface area (Å²) in [7, 11) is 1.27. The Morgan fingerprint density at radius 2 is 2.00 bits per heavy atom. The van der Waals surface area contributed by atoms with E-state index < -0.39 is 12.0 Å². The first kappa shape index (κ1) is 19.1. The number of hydrogen-bond donors (Lipinski definition) is 2. The molecule has 3 N–H and O–H groups in total. The Hall–Kier alpha value is -2.26. The summed E-state index contributed by atoms with van der Waals surface area (Å²) in [6.45, 7) is 7.31. The van der Waals surface area contributed by atoms with Crippen LogP contribution in [0.2, 0.25) is 0 Å². The molecule has 0 bridgehead atoms. The highest BCUT2D eigenvalue weighted by Gasteiger charge is 2.23. The first-order valence-electron chi connectivity index (χ1n) is 7.82. The number of esters is 1. The number of hydrogen-bond acceptors (Lipinski definition) is 8. The Bertz CT molecular complexity index is 768. The van der Waals surface area contributed by atoms with Crippen LogP contribution in [0.5, 0.6) is 0 Å². The fourth-order valence-corrected chi connectivity index (χ4v) is 3.02. The van der Waals surface area contributed by atoms with E-state index in [1.807, 2.05) is 13.8 Å². The third kappa shape index (κ3) is 4.23. The minimum atomic E-state index is -0.585. The highest BCUT2D eigenvalue weighted by atomic mass is 32.1. The molecule has 0 saturated heterocycles. The van der Waals surface area contributed by atoms with Crippen molar-refractivity contribution in [1.29, 1.82) is 0 Å². The van der Waals surface area contributed by atoms with E-state index in [9.17, 15) is 9.59 Å². The van der Waals surface area contributed by atoms with Crippen LogP contribution in [0, 0.1) is 12.8 Å². The largest absolute Gasteiger partial charge is 0.464 e. The van der Waals surface area contributed by atoms with Crippen molar-refractivity contribution in [2.75, 3.05) is 7.11 Å². The highest BCUT2D eigenvalue weighted by Crippen LogP contribution is 2.23. The molecule has 0 fully saturated rings. The maximum atomic E-state index is 12.3. The summed E-state index contributed by atoms with van der Waals surface area (Å²) in [4.78, 5) is 32.3. The number of amides is 1. The number of carbonyl (C=O) groups is 2. The average molecular weight is 366 g/mol. The number of methoxy groups -OCH3 is 1. The number of oxazole rings is 1. The summed E-state index contributed by atoms with van der Waals surface area (Å²) in [5.74, 6) is -0.158. The second-order valence-electron chi connectivity index (χ2n) is 5.98. The summed E-state index contributed by atoms with van der Waals surface area (Å²) in [5.41, 5.74) is 6.44. The third-order valence-electron chi connectivity index (χ3n) is 3.67. The fourth-order valence-electron chi connectivity index (χ4n) is 2.05. The molecule has 2 aromatic heterocycles. The summed E-state index contributed by atoms with van der Waals surface area (Å²) >= 11 is 1.35. The zero-order valence-electron chi connectivity index (χ0n) is 14.8. The lowest BCUT2D eigenvalue weighted by molar-refractivity contribution is 0.0592. The van der Waals surface area contributed by atoms with Crippen molar-refractivity contribution in [3.63, 3.8) is 0 Å². The molecule has 0 spiro atoms. The van der Waals surface area contributed by atoms with Crippen LogP contribution in [0.25, 0.3) is 0 Å². The van der Waals surface area contributed by atoms with Gasteiger partial charge in [-0.25, -0.2) is 14.8 Å². The molecule has 2 aromatic rings. The molecule has 25 heavy (non-hydrogen) atoms. The quantitative estimate of drug-likeness (QED) is 0.753. The first-order chi connectivity index (χ1) is 11.7. The van der Waals surface area contributed by atoms with Crippen LogP contribution in [-0.4, -0.2) is 29.0 Å². The van der Waals surface area contributed by atoms with Gasteiger partial charge in [-0.3, -0.25) is 4.79 Å². The minimum Gasteiger partial charge on any atom is -0.464 e. The van der Waals surface area contributed by atoms with Gasteiger partial charge >= 0.3 is 5.97 Å². The third-order valence-corrected chi connectivity index (χ3v) is 4.61. The van der Waals surface area contributed by atoms with Crippen molar-refractivity contribution < 1.29 is 18.7 Å². The van der Waals surface area contributed by atoms with E-state index in [-0.39, 0.29) is 29.5 Å². The van der Waals surface area contributed by atoms with Gasteiger partial charge in [0.15, 0.2) is 5.69 Å². The van der Waals surface area contributed by atoms with E-state index in [0.29, 0.717) is 16.5 Å². The fraction of sp³-hybridized carbons (Fsp3) is 0.500. The van der Waals surface area contributed by atoms with E-state index in [2.05, 4.69) is 20.0 Å². The Morgan fingerprint density at radius 1 is 1.32 bits per heavy atom. The Kier molecular flexibility index (Phi) is 5.91. The number of aromatic nitrogens is 2. The van der Waals surface area contributed by atoms with E-state index in [0.717, 1.165) is 0 Å². The number of thiazole rings is 1. The van der Waals surface area contributed by atoms with Crippen LogP contribution in [0.15, 0.2) is 9.80 Å². The number of carbonyl (C=O) groups excluding carboxylic acids is 2. The van der Waals surface area contributed by atoms with E-state index in [1.165, 1.54) is 18.4 Å². The number of ether oxygens (including phenoxy) is 1. The second-order valence-corrected chi connectivity index (χ2v) is 6.87. The van der Waals surface area contributed by atoms with Gasteiger partial charge < -0.3 is 20.2 Å². The van der Waals surface area contributed by atoms with Crippen LogP contribution in [-0.2, 0) is 4.74 Å². The van der Waals surface area contributed by atoms with E-state index >= 15 is 0 Å². The van der Waals surface area contributed by atoms with Gasteiger partial charge in [0.05, 0.1) is 13.2 Å². The maximum absolute atomic E-state index is 12.3. The monoisotopic (exact) mass is 366 g/mol. The lowest BCUT2D eigenvalue weighted by atomic mass is 10.1. The molecule has 0 aromatic carbocycles. The molecule has 0 unspecified atom stereocenters. The normalized spacial score (nSPS) is 13.6. The first-order valence-corrected chi connectivity index (χ1v) is 8.70. The smallest absolute Gasteiger partial charge is 0.360 e. The van der Waals surface area contributed by atoms with E-state index in [1.54, 1.807) is 19.2 Å². The molecule has 0 aliphatic heterocycles. The van der Waals surface area contributed by atoms with Crippen molar-refractivity contribution >= 4 is 23.2 Å². The number of nitrogens with zero attached hydrogens (tertiary/aromatic N) is 2. The summed E-state index contributed by atoms with van der Waals surface area (Å²) in [6.07, 6.45) is 0. The lowest BCUT2D eigenvalue weighted by Gasteiger charge is -2.12. The van der Waals surface area contributed by atoms with Crippen molar-refractivity contribution in [1.82, 2.24) is 15.3 Å². The topological polar surface area (TPSA) is 120 Å². The van der Waals surface area contributed by atoms with Crippen molar-refractivity contribution in [2.24, 2.45) is 11.7 Å². The molecule has 2 rings (SSSR count). The molecule has 0 aliphatic rings. The van der Waals surface area contributed by atoms with Gasteiger partial charge in [0.1, 0.15) is 22.5 Å². The molecular weight excluding hydrogens is 344 g/mol. The average Bonchev–Trinajstić information content (AvgIpc) is 3.20. The molecular formula is C16H22N4O4S. The van der Waals surface area contributed by atoms with Gasteiger partial charge in [0.2, 0.25) is 5.89 Å². The Balaban J connectivity index is 2.09. The molecule has 0 radical (unpaired) electrons. The van der Waals surface area contributed by atoms with Gasteiger partial charge in [-0.05, 0) is 19.8 Å². The van der Waals surface area contributed by atoms with Gasteiger partial charge in [0, 0.05) is 5.38 Å². The Labute approximate surface area is 149 Å². The van der Waals surface area contributed by atoms with Gasteiger partial charge in [0.25, 0.3) is 5.91 Å². The second kappa shape index (κ2) is 7.75. The molecule has 2 heterocycles. The van der Waals surface area contributed by atoms with Gasteiger partial charge in [-0.15, -0.1) is 11.3 Å². The van der Waals surface area contributed by atoms with Gasteiger partial charge in [-0.2, -0.15) is 0 Å². The molecule has 9 heteroatoms. The number of nitrogens with two attached hydrogens (primary N) is 1. The standard InChI is InChI=1S/C16H22N4O4S/c1-7(2)11(17)15-19-10(6-25-15)13(21)18-8(3)14-20-12(9(4)24-14)16(22)23-5/h6-8,11H,17H2,1-5H3,(H,18,21)/t8-,11+/m0/s1. The zero-order chi connectivity index (χ0) is 18.7. The van der Waals surface area contributed by atoms with Crippen LogP contribution < -0.4 is 11.1 Å². The molecule has 8 nitrogen and oxygen atoms in total. The lowest BCUT2D eigenvalue weighted by Crippen LogP contribution is -2.27. The molecule has 0 aliphatic carbocycles. The van der Waals surface area contributed by atoms with Crippen LogP contribution in [0.4, 0.5) is 0 Å². The predicted molar refractivity (Wildman–Crippen MR) is 92.3 cm³/mol. The van der Waals surface area contributed by atoms with Crippen LogP contribution in [0.1, 0.15) is 70.5 Å². The zero-order valence-corrected chi connectivity index (χ0v) is 15.6. The van der Waals surface area contributed by atoms with Crippen molar-refractivity contribution in [3.8, 4) is 0 Å². The summed E-state index contributed by atoms with van der Waals surface area (Å²) < 4.78 is 10.1. The highest BCUT2D eigenvalue weighted by molar-refractivity contribution is 7.09. The molecule has 0 saturated carbocycles. The SMILES string of the molecule is COC(=O)c1nc([C@H](C)NC(=O)c2csc([C@H](N)C(C)C)n2)oc1C. The van der Waals surface area contributed by atoms with Crippen molar-refractivity contribution in [2.45, 2.75) is 39.8 Å². The molecule has 2 atom stereocenters. The summed E-state index contributed by atoms with van der Waals surface area (Å²) in [5, 5.41) is 5.13. The summed E-state index contributed by atoms with van der Waals surface area (Å²) in [6, 6.07) is -0.741. The molecule has 136 valence electrons.